The maximum absolute atomic E-state index is 14.0. The lowest BCUT2D eigenvalue weighted by molar-refractivity contribution is 0.156. The van der Waals surface area contributed by atoms with Gasteiger partial charge in [0.15, 0.2) is 0 Å². The molecule has 4 N–H and O–H groups in total. The average molecular weight is 552 g/mol. The van der Waals surface area contributed by atoms with Crippen LogP contribution in [0.15, 0.2) is 42.4 Å². The van der Waals surface area contributed by atoms with Gasteiger partial charge in [-0.2, -0.15) is 14.9 Å². The van der Waals surface area contributed by atoms with Gasteiger partial charge in [-0.25, -0.2) is 4.98 Å². The summed E-state index contributed by atoms with van der Waals surface area (Å²) >= 11 is 0. The summed E-state index contributed by atoms with van der Waals surface area (Å²) in [4.78, 5) is 8.56. The van der Waals surface area contributed by atoms with Crippen LogP contribution in [0.3, 0.4) is 0 Å². The van der Waals surface area contributed by atoms with Crippen molar-refractivity contribution in [2.75, 3.05) is 17.2 Å². The first-order valence-electron chi connectivity index (χ1n) is 14.0. The van der Waals surface area contributed by atoms with Crippen LogP contribution in [0, 0.1) is 46.9 Å². The van der Waals surface area contributed by atoms with Crippen LogP contribution in [0.2, 0.25) is 0 Å². The van der Waals surface area contributed by atoms with Crippen LogP contribution in [0.4, 0.5) is 15.8 Å². The van der Waals surface area contributed by atoms with E-state index in [1.165, 1.54) is 25.1 Å². The molecule has 1 atom stereocenters. The minimum absolute atomic E-state index is 0.0344. The summed E-state index contributed by atoms with van der Waals surface area (Å²) in [6, 6.07) is 10.9. The van der Waals surface area contributed by atoms with E-state index in [1.807, 2.05) is 6.07 Å². The number of fused-ring (bicyclic) bond motifs is 1. The maximum Gasteiger partial charge on any atom is 0.213 e. The van der Waals surface area contributed by atoms with E-state index >= 15 is 0 Å². The molecule has 3 aliphatic rings. The number of nitrogens with zero attached hydrogens (tertiary/aromatic N) is 5. The molecule has 6 rings (SSSR count). The second kappa shape index (κ2) is 9.90. The lowest BCUT2D eigenvalue weighted by atomic mass is 9.96. The molecule has 2 fully saturated rings. The second-order valence-corrected chi connectivity index (χ2v) is 12.6. The van der Waals surface area contributed by atoms with Crippen molar-refractivity contribution in [3.8, 4) is 12.1 Å². The normalized spacial score (nSPS) is 18.2. The molecule has 2 aliphatic carbocycles. The monoisotopic (exact) mass is 551 g/mol. The predicted molar refractivity (Wildman–Crippen MR) is 155 cm³/mol. The SMILES string of the molecule is Cc1nc(F)ccc1[C@H](Nc1cc(C#N)c2ncc(C#N)c(NCC(C)(C)C)c2c1)C1=CN(C2(C3CC3)CC2)NN1. The summed E-state index contributed by atoms with van der Waals surface area (Å²) in [7, 11) is 0. The minimum atomic E-state index is -0.536. The number of benzene rings is 1. The molecule has 210 valence electrons. The lowest BCUT2D eigenvalue weighted by Gasteiger charge is -2.26. The molecule has 0 bridgehead atoms. The van der Waals surface area contributed by atoms with Crippen LogP contribution in [0.1, 0.15) is 74.9 Å². The largest absolute Gasteiger partial charge is 0.383 e. The maximum atomic E-state index is 14.0. The smallest absolute Gasteiger partial charge is 0.213 e. The number of anilines is 2. The van der Waals surface area contributed by atoms with Crippen LogP contribution in [-0.4, -0.2) is 27.1 Å². The Balaban J connectivity index is 1.43. The van der Waals surface area contributed by atoms with Crippen molar-refractivity contribution in [3.63, 3.8) is 0 Å². The van der Waals surface area contributed by atoms with Gasteiger partial charge in [0, 0.05) is 41.3 Å². The Morgan fingerprint density at radius 3 is 2.56 bits per heavy atom. The van der Waals surface area contributed by atoms with E-state index in [-0.39, 0.29) is 11.0 Å². The summed E-state index contributed by atoms with van der Waals surface area (Å²) in [6.45, 7) is 8.76. The molecule has 0 amide bonds. The van der Waals surface area contributed by atoms with E-state index in [1.54, 1.807) is 19.1 Å². The summed E-state index contributed by atoms with van der Waals surface area (Å²) < 4.78 is 14.0. The first-order valence-corrected chi connectivity index (χ1v) is 14.0. The number of hydrogen-bond acceptors (Lipinski definition) is 9. The van der Waals surface area contributed by atoms with E-state index in [2.05, 4.69) is 75.7 Å². The Bertz CT molecular complexity index is 1630. The third-order valence-electron chi connectivity index (χ3n) is 8.20. The molecule has 41 heavy (non-hydrogen) atoms. The quantitative estimate of drug-likeness (QED) is 0.267. The molecule has 0 unspecified atom stereocenters. The Morgan fingerprint density at radius 2 is 1.93 bits per heavy atom. The molecule has 3 heterocycles. The van der Waals surface area contributed by atoms with Gasteiger partial charge in [0.2, 0.25) is 5.95 Å². The molecule has 1 aliphatic heterocycles. The molecule has 1 aromatic carbocycles. The molecule has 3 aromatic rings. The van der Waals surface area contributed by atoms with E-state index in [4.69, 9.17) is 0 Å². The van der Waals surface area contributed by atoms with Gasteiger partial charge in [0.05, 0.1) is 39.6 Å². The van der Waals surface area contributed by atoms with Crippen LogP contribution in [-0.2, 0) is 0 Å². The van der Waals surface area contributed by atoms with Crippen molar-refractivity contribution in [1.29, 1.82) is 10.5 Å². The van der Waals surface area contributed by atoms with Crippen LogP contribution in [0.5, 0.6) is 0 Å². The number of pyridine rings is 2. The predicted octanol–water partition coefficient (Wildman–Crippen LogP) is 5.54. The Morgan fingerprint density at radius 1 is 1.17 bits per heavy atom. The summed E-state index contributed by atoms with van der Waals surface area (Å²) in [5.41, 5.74) is 11.7. The highest BCUT2D eigenvalue weighted by atomic mass is 19.1. The van der Waals surface area contributed by atoms with Crippen LogP contribution < -0.4 is 21.6 Å². The number of halogens is 1. The number of nitriles is 2. The molecule has 9 nitrogen and oxygen atoms in total. The van der Waals surface area contributed by atoms with Crippen molar-refractivity contribution in [2.24, 2.45) is 11.3 Å². The number of aryl methyl sites for hydroxylation is 1. The number of aromatic nitrogens is 2. The van der Waals surface area contributed by atoms with E-state index < -0.39 is 12.0 Å². The highest BCUT2D eigenvalue weighted by Crippen LogP contribution is 2.57. The number of hydrogen-bond donors (Lipinski definition) is 4. The molecule has 0 saturated heterocycles. The fourth-order valence-electron chi connectivity index (χ4n) is 5.75. The Kier molecular flexibility index (Phi) is 6.47. The Hall–Kier alpha value is -4.41. The van der Waals surface area contributed by atoms with E-state index in [0.29, 0.717) is 51.6 Å². The molecular weight excluding hydrogens is 517 g/mol. The fourth-order valence-corrected chi connectivity index (χ4v) is 5.75. The second-order valence-electron chi connectivity index (χ2n) is 12.6. The summed E-state index contributed by atoms with van der Waals surface area (Å²) in [5, 5.41) is 29.8. The van der Waals surface area contributed by atoms with Crippen molar-refractivity contribution in [2.45, 2.75) is 65.0 Å². The summed E-state index contributed by atoms with van der Waals surface area (Å²) in [5.74, 6) is 0.165. The van der Waals surface area contributed by atoms with Crippen molar-refractivity contribution < 1.29 is 4.39 Å². The van der Waals surface area contributed by atoms with Gasteiger partial charge in [0.25, 0.3) is 0 Å². The summed E-state index contributed by atoms with van der Waals surface area (Å²) in [6.07, 6.45) is 8.42. The zero-order valence-electron chi connectivity index (χ0n) is 23.8. The van der Waals surface area contributed by atoms with E-state index in [9.17, 15) is 14.9 Å². The minimum Gasteiger partial charge on any atom is -0.383 e. The van der Waals surface area contributed by atoms with Crippen molar-refractivity contribution >= 4 is 22.3 Å². The van der Waals surface area contributed by atoms with Crippen LogP contribution >= 0.6 is 0 Å². The third-order valence-corrected chi connectivity index (χ3v) is 8.20. The highest BCUT2D eigenvalue weighted by Gasteiger charge is 2.58. The third kappa shape index (κ3) is 5.12. The average Bonchev–Trinajstić information content (AvgIpc) is 3.87. The van der Waals surface area contributed by atoms with Gasteiger partial charge in [0.1, 0.15) is 12.1 Å². The van der Waals surface area contributed by atoms with E-state index in [0.717, 1.165) is 24.1 Å². The molecular formula is C31H34FN9. The highest BCUT2D eigenvalue weighted by molar-refractivity contribution is 5.99. The topological polar surface area (TPSA) is 125 Å². The van der Waals surface area contributed by atoms with Crippen molar-refractivity contribution in [3.05, 3.63) is 70.7 Å². The number of nitrogens with one attached hydrogen (secondary N) is 4. The molecule has 0 spiro atoms. The molecule has 10 heteroatoms. The standard InChI is InChI=1S/C31H34FN9/c1-18-23(7-8-26(32)37-18)29(25-16-41(40-39-25)31(9-10-31)21-5-6-21)38-22-11-19(13-33)27-24(12-22)28(20(14-34)15-35-27)36-17-30(2,3)4/h7-8,11-12,15-16,21,29,38-40H,5-6,9-10,17H2,1-4H3,(H,35,36)/t29-/m0/s1. The first kappa shape index (κ1) is 26.8. The van der Waals surface area contributed by atoms with Gasteiger partial charge in [-0.05, 0) is 62.1 Å². The number of hydrazine groups is 2. The molecule has 2 saturated carbocycles. The lowest BCUT2D eigenvalue weighted by Crippen LogP contribution is -2.46. The van der Waals surface area contributed by atoms with Gasteiger partial charge in [-0.3, -0.25) is 9.99 Å². The van der Waals surface area contributed by atoms with Gasteiger partial charge in [-0.1, -0.05) is 26.8 Å². The number of rotatable bonds is 8. The zero-order chi connectivity index (χ0) is 28.9. The zero-order valence-corrected chi connectivity index (χ0v) is 23.8. The molecule has 2 aromatic heterocycles. The van der Waals surface area contributed by atoms with Gasteiger partial charge >= 0.3 is 0 Å². The van der Waals surface area contributed by atoms with Crippen molar-refractivity contribution in [1.82, 2.24) is 25.9 Å². The van der Waals surface area contributed by atoms with Gasteiger partial charge < -0.3 is 16.1 Å². The fraction of sp³-hybridized carbons (Fsp3) is 0.419. The molecule has 0 radical (unpaired) electrons. The first-order chi connectivity index (χ1) is 19.6. The van der Waals surface area contributed by atoms with Gasteiger partial charge in [-0.15, -0.1) is 5.53 Å². The van der Waals surface area contributed by atoms with Crippen LogP contribution in [0.25, 0.3) is 10.9 Å². The Labute approximate surface area is 239 Å².